The maximum Gasteiger partial charge on any atom is 0.308 e. The Balaban J connectivity index is 3.28. The van der Waals surface area contributed by atoms with E-state index in [-0.39, 0.29) is 11.9 Å². The standard InChI is InChI=1S/C13H24O2/c1-4-5-6-7-8-9-10-11-15-13(14)12(2)3/h9-10,12H,4-8,11H2,1-3H3/b10-9+. The maximum atomic E-state index is 11.1. The molecule has 2 nitrogen and oxygen atoms in total. The molecule has 2 heteroatoms. The van der Waals surface area contributed by atoms with Crippen LogP contribution >= 0.6 is 0 Å². The van der Waals surface area contributed by atoms with Gasteiger partial charge in [-0.2, -0.15) is 0 Å². The summed E-state index contributed by atoms with van der Waals surface area (Å²) in [4.78, 5) is 11.1. The summed E-state index contributed by atoms with van der Waals surface area (Å²) in [6.07, 6.45) is 10.3. The number of allylic oxidation sites excluding steroid dienone is 1. The van der Waals surface area contributed by atoms with Gasteiger partial charge in [-0.05, 0) is 12.8 Å². The van der Waals surface area contributed by atoms with Crippen molar-refractivity contribution < 1.29 is 9.53 Å². The molecule has 0 rings (SSSR count). The number of hydrogen-bond acceptors (Lipinski definition) is 2. The van der Waals surface area contributed by atoms with Crippen molar-refractivity contribution >= 4 is 5.97 Å². The predicted octanol–water partition coefficient (Wildman–Crippen LogP) is 3.71. The lowest BCUT2D eigenvalue weighted by atomic mass is 10.1. The fourth-order valence-electron chi connectivity index (χ4n) is 1.17. The van der Waals surface area contributed by atoms with Crippen LogP contribution < -0.4 is 0 Å². The summed E-state index contributed by atoms with van der Waals surface area (Å²) >= 11 is 0. The summed E-state index contributed by atoms with van der Waals surface area (Å²) in [6, 6.07) is 0. The summed E-state index contributed by atoms with van der Waals surface area (Å²) in [7, 11) is 0. The smallest absolute Gasteiger partial charge is 0.308 e. The summed E-state index contributed by atoms with van der Waals surface area (Å²) in [6.45, 7) is 6.32. The van der Waals surface area contributed by atoms with Crippen LogP contribution in [-0.4, -0.2) is 12.6 Å². The highest BCUT2D eigenvalue weighted by Gasteiger charge is 2.05. The monoisotopic (exact) mass is 212 g/mol. The Hall–Kier alpha value is -0.790. The first kappa shape index (κ1) is 14.2. The number of carbonyl (C=O) groups excluding carboxylic acids is 1. The molecule has 0 fully saturated rings. The average molecular weight is 212 g/mol. The molecule has 0 amide bonds. The lowest BCUT2D eigenvalue weighted by Gasteiger charge is -2.03. The number of hydrogen-bond donors (Lipinski definition) is 0. The summed E-state index contributed by atoms with van der Waals surface area (Å²) < 4.78 is 5.01. The third kappa shape index (κ3) is 9.51. The number of ether oxygens (including phenoxy) is 1. The third-order valence-corrected chi connectivity index (χ3v) is 2.18. The second kappa shape index (κ2) is 9.75. The minimum atomic E-state index is -0.120. The Morgan fingerprint density at radius 2 is 1.93 bits per heavy atom. The Morgan fingerprint density at radius 3 is 2.53 bits per heavy atom. The molecule has 0 aromatic heterocycles. The molecule has 0 heterocycles. The van der Waals surface area contributed by atoms with E-state index >= 15 is 0 Å². The van der Waals surface area contributed by atoms with Crippen molar-refractivity contribution in [3.63, 3.8) is 0 Å². The minimum absolute atomic E-state index is 0.0250. The molecule has 0 bridgehead atoms. The maximum absolute atomic E-state index is 11.1. The largest absolute Gasteiger partial charge is 0.461 e. The van der Waals surface area contributed by atoms with Crippen LogP contribution in [0.1, 0.15) is 52.9 Å². The first-order valence-corrected chi connectivity index (χ1v) is 6.00. The first-order valence-electron chi connectivity index (χ1n) is 6.00. The van der Waals surface area contributed by atoms with Gasteiger partial charge in [-0.3, -0.25) is 4.79 Å². The first-order chi connectivity index (χ1) is 7.18. The molecule has 0 saturated carbocycles. The molecule has 0 aliphatic heterocycles. The van der Waals surface area contributed by atoms with E-state index in [2.05, 4.69) is 13.0 Å². The van der Waals surface area contributed by atoms with Crippen LogP contribution in [0.3, 0.4) is 0 Å². The molecule has 0 N–H and O–H groups in total. The van der Waals surface area contributed by atoms with E-state index in [9.17, 15) is 4.79 Å². The zero-order valence-electron chi connectivity index (χ0n) is 10.3. The van der Waals surface area contributed by atoms with E-state index in [0.717, 1.165) is 6.42 Å². The molecular formula is C13H24O2. The SMILES string of the molecule is CCCCCC/C=C/COC(=O)C(C)C. The van der Waals surface area contributed by atoms with Gasteiger partial charge in [0, 0.05) is 0 Å². The lowest BCUT2D eigenvalue weighted by molar-refractivity contribution is -0.146. The van der Waals surface area contributed by atoms with Crippen molar-refractivity contribution in [2.24, 2.45) is 5.92 Å². The van der Waals surface area contributed by atoms with Gasteiger partial charge in [0.1, 0.15) is 6.61 Å². The summed E-state index contributed by atoms with van der Waals surface area (Å²) in [5, 5.41) is 0. The zero-order valence-corrected chi connectivity index (χ0v) is 10.3. The molecular weight excluding hydrogens is 188 g/mol. The van der Waals surface area contributed by atoms with Gasteiger partial charge < -0.3 is 4.74 Å². The molecule has 0 aliphatic rings. The zero-order chi connectivity index (χ0) is 11.5. The topological polar surface area (TPSA) is 26.3 Å². The normalized spacial score (nSPS) is 11.2. The summed E-state index contributed by atoms with van der Waals surface area (Å²) in [5.74, 6) is -0.145. The highest BCUT2D eigenvalue weighted by atomic mass is 16.5. The quantitative estimate of drug-likeness (QED) is 0.348. The molecule has 0 spiro atoms. The predicted molar refractivity (Wildman–Crippen MR) is 63.7 cm³/mol. The summed E-state index contributed by atoms with van der Waals surface area (Å²) in [5.41, 5.74) is 0. The lowest BCUT2D eigenvalue weighted by Crippen LogP contribution is -2.11. The molecule has 88 valence electrons. The molecule has 0 aromatic carbocycles. The Morgan fingerprint density at radius 1 is 1.20 bits per heavy atom. The van der Waals surface area contributed by atoms with Gasteiger partial charge in [-0.15, -0.1) is 0 Å². The Labute approximate surface area is 93.7 Å². The number of esters is 1. The highest BCUT2D eigenvalue weighted by molar-refractivity contribution is 5.71. The van der Waals surface area contributed by atoms with Gasteiger partial charge in [0.05, 0.1) is 5.92 Å². The molecule has 0 aromatic rings. The van der Waals surface area contributed by atoms with E-state index in [0.29, 0.717) is 6.61 Å². The fraction of sp³-hybridized carbons (Fsp3) is 0.769. The highest BCUT2D eigenvalue weighted by Crippen LogP contribution is 2.03. The fourth-order valence-corrected chi connectivity index (χ4v) is 1.17. The van der Waals surface area contributed by atoms with Gasteiger partial charge in [-0.1, -0.05) is 52.2 Å². The van der Waals surface area contributed by atoms with Crippen molar-refractivity contribution in [1.82, 2.24) is 0 Å². The van der Waals surface area contributed by atoms with Crippen LogP contribution in [0.15, 0.2) is 12.2 Å². The van der Waals surface area contributed by atoms with Crippen LogP contribution in [-0.2, 0) is 9.53 Å². The van der Waals surface area contributed by atoms with E-state index in [1.54, 1.807) is 0 Å². The Bertz CT molecular complexity index is 183. The molecule has 0 saturated heterocycles. The van der Waals surface area contributed by atoms with Crippen molar-refractivity contribution in [3.05, 3.63) is 12.2 Å². The second-order valence-electron chi connectivity index (χ2n) is 4.11. The molecule has 15 heavy (non-hydrogen) atoms. The molecule has 0 radical (unpaired) electrons. The Kier molecular flexibility index (Phi) is 9.24. The van der Waals surface area contributed by atoms with Crippen LogP contribution in [0, 0.1) is 5.92 Å². The van der Waals surface area contributed by atoms with E-state index in [1.165, 1.54) is 25.7 Å². The van der Waals surface area contributed by atoms with E-state index < -0.39 is 0 Å². The van der Waals surface area contributed by atoms with Gasteiger partial charge in [0.2, 0.25) is 0 Å². The van der Waals surface area contributed by atoms with Gasteiger partial charge in [0.25, 0.3) is 0 Å². The van der Waals surface area contributed by atoms with Gasteiger partial charge >= 0.3 is 5.97 Å². The number of unbranched alkanes of at least 4 members (excludes halogenated alkanes) is 4. The van der Waals surface area contributed by atoms with Crippen molar-refractivity contribution in [3.8, 4) is 0 Å². The van der Waals surface area contributed by atoms with Crippen molar-refractivity contribution in [2.75, 3.05) is 6.61 Å². The number of carbonyl (C=O) groups is 1. The van der Waals surface area contributed by atoms with Gasteiger partial charge in [-0.25, -0.2) is 0 Å². The molecule has 0 aliphatic carbocycles. The van der Waals surface area contributed by atoms with Crippen molar-refractivity contribution in [1.29, 1.82) is 0 Å². The minimum Gasteiger partial charge on any atom is -0.461 e. The van der Waals surface area contributed by atoms with Crippen LogP contribution in [0.5, 0.6) is 0 Å². The van der Waals surface area contributed by atoms with Crippen LogP contribution in [0.2, 0.25) is 0 Å². The van der Waals surface area contributed by atoms with Crippen LogP contribution in [0.25, 0.3) is 0 Å². The van der Waals surface area contributed by atoms with Gasteiger partial charge in [0.15, 0.2) is 0 Å². The molecule has 0 unspecified atom stereocenters. The second-order valence-corrected chi connectivity index (χ2v) is 4.11. The van der Waals surface area contributed by atoms with Crippen LogP contribution in [0.4, 0.5) is 0 Å². The average Bonchev–Trinajstić information content (AvgIpc) is 2.21. The molecule has 0 atom stereocenters. The van der Waals surface area contributed by atoms with Crippen molar-refractivity contribution in [2.45, 2.75) is 52.9 Å². The third-order valence-electron chi connectivity index (χ3n) is 2.18. The van der Waals surface area contributed by atoms with E-state index in [4.69, 9.17) is 4.74 Å². The number of rotatable bonds is 8. The van der Waals surface area contributed by atoms with E-state index in [1.807, 2.05) is 19.9 Å².